The highest BCUT2D eigenvalue weighted by Crippen LogP contribution is 1.90. The Morgan fingerprint density at radius 3 is 2.64 bits per heavy atom. The minimum Gasteiger partial charge on any atom is -0.381 e. The predicted molar refractivity (Wildman–Crippen MR) is 40.9 cm³/mol. The van der Waals surface area contributed by atoms with Crippen molar-refractivity contribution in [3.63, 3.8) is 0 Å². The van der Waals surface area contributed by atoms with E-state index in [4.69, 9.17) is 4.74 Å². The van der Waals surface area contributed by atoms with Crippen LogP contribution in [-0.4, -0.2) is 38.3 Å². The lowest BCUT2D eigenvalue weighted by atomic mass is 10.4. The highest BCUT2D eigenvalue weighted by atomic mass is 16.7. The van der Waals surface area contributed by atoms with Crippen molar-refractivity contribution in [2.75, 3.05) is 27.4 Å². The van der Waals surface area contributed by atoms with Crippen LogP contribution in [0.15, 0.2) is 0 Å². The Morgan fingerprint density at radius 2 is 2.18 bits per heavy atom. The molecule has 4 nitrogen and oxygen atoms in total. The Bertz CT molecular complexity index is 116. The average Bonchev–Trinajstić information content (AvgIpc) is 2.03. The Hall–Kier alpha value is -0.610. The highest BCUT2D eigenvalue weighted by Gasteiger charge is 2.05. The van der Waals surface area contributed by atoms with Gasteiger partial charge in [-0.3, -0.25) is 9.63 Å². The van der Waals surface area contributed by atoms with Crippen molar-refractivity contribution >= 4 is 5.91 Å². The first kappa shape index (κ1) is 10.4. The molecule has 0 fully saturated rings. The van der Waals surface area contributed by atoms with Crippen molar-refractivity contribution in [1.29, 1.82) is 0 Å². The fourth-order valence-corrected chi connectivity index (χ4v) is 0.563. The normalized spacial score (nSPS) is 9.73. The van der Waals surface area contributed by atoms with Crippen LogP contribution in [0.3, 0.4) is 0 Å². The molecule has 0 N–H and O–H groups in total. The van der Waals surface area contributed by atoms with Crippen LogP contribution in [0.1, 0.15) is 13.3 Å². The zero-order valence-electron chi connectivity index (χ0n) is 7.29. The standard InChI is InChI=1S/C7H15NO3/c1-4-11-6-5-7(9)8(2)10-3/h4-6H2,1-3H3. The molecule has 0 aliphatic heterocycles. The van der Waals surface area contributed by atoms with Gasteiger partial charge in [0.2, 0.25) is 5.91 Å². The van der Waals surface area contributed by atoms with Gasteiger partial charge in [-0.05, 0) is 6.92 Å². The van der Waals surface area contributed by atoms with Gasteiger partial charge < -0.3 is 4.74 Å². The molecule has 11 heavy (non-hydrogen) atoms. The lowest BCUT2D eigenvalue weighted by Gasteiger charge is -2.12. The zero-order valence-corrected chi connectivity index (χ0v) is 7.29. The summed E-state index contributed by atoms with van der Waals surface area (Å²) in [6.07, 6.45) is 0.373. The van der Waals surface area contributed by atoms with E-state index in [1.165, 1.54) is 12.2 Å². The summed E-state index contributed by atoms with van der Waals surface area (Å²) in [7, 11) is 3.03. The molecule has 0 aliphatic carbocycles. The quantitative estimate of drug-likeness (QED) is 0.433. The first-order valence-corrected chi connectivity index (χ1v) is 3.60. The molecule has 0 rings (SSSR count). The molecule has 0 saturated heterocycles. The first-order chi connectivity index (χ1) is 5.22. The second-order valence-corrected chi connectivity index (χ2v) is 2.02. The molecule has 0 unspecified atom stereocenters. The number of hydroxylamine groups is 2. The number of ether oxygens (including phenoxy) is 1. The monoisotopic (exact) mass is 161 g/mol. The van der Waals surface area contributed by atoms with Crippen LogP contribution in [0.4, 0.5) is 0 Å². The molecular formula is C7H15NO3. The van der Waals surface area contributed by atoms with Crippen LogP contribution >= 0.6 is 0 Å². The first-order valence-electron chi connectivity index (χ1n) is 3.60. The van der Waals surface area contributed by atoms with E-state index >= 15 is 0 Å². The summed E-state index contributed by atoms with van der Waals surface area (Å²) in [5.41, 5.74) is 0. The van der Waals surface area contributed by atoms with Gasteiger partial charge in [0.15, 0.2) is 0 Å². The number of hydrogen-bond acceptors (Lipinski definition) is 3. The van der Waals surface area contributed by atoms with Gasteiger partial charge in [-0.25, -0.2) is 5.06 Å². The lowest BCUT2D eigenvalue weighted by molar-refractivity contribution is -0.169. The summed E-state index contributed by atoms with van der Waals surface area (Å²) in [5.74, 6) is -0.0686. The minimum atomic E-state index is -0.0686. The second-order valence-electron chi connectivity index (χ2n) is 2.02. The summed E-state index contributed by atoms with van der Waals surface area (Å²) >= 11 is 0. The second kappa shape index (κ2) is 6.12. The van der Waals surface area contributed by atoms with Crippen LogP contribution in [0.25, 0.3) is 0 Å². The fourth-order valence-electron chi connectivity index (χ4n) is 0.563. The van der Waals surface area contributed by atoms with Gasteiger partial charge >= 0.3 is 0 Å². The summed E-state index contributed by atoms with van der Waals surface area (Å²) in [4.78, 5) is 15.6. The van der Waals surface area contributed by atoms with E-state index in [-0.39, 0.29) is 5.91 Å². The van der Waals surface area contributed by atoms with E-state index in [9.17, 15) is 4.79 Å². The molecule has 0 bridgehead atoms. The van der Waals surface area contributed by atoms with E-state index in [1.54, 1.807) is 7.05 Å². The summed E-state index contributed by atoms with van der Waals surface area (Å²) < 4.78 is 5.00. The number of rotatable bonds is 5. The number of nitrogens with zero attached hydrogens (tertiary/aromatic N) is 1. The van der Waals surface area contributed by atoms with E-state index < -0.39 is 0 Å². The Balaban J connectivity index is 3.36. The number of carbonyl (C=O) groups is 1. The van der Waals surface area contributed by atoms with Gasteiger partial charge in [0.05, 0.1) is 20.1 Å². The molecule has 0 aliphatic rings. The van der Waals surface area contributed by atoms with Crippen molar-refractivity contribution < 1.29 is 14.4 Å². The lowest BCUT2D eigenvalue weighted by Crippen LogP contribution is -2.26. The third-order valence-corrected chi connectivity index (χ3v) is 1.29. The molecule has 1 amide bonds. The number of carbonyl (C=O) groups excluding carboxylic acids is 1. The van der Waals surface area contributed by atoms with Crippen molar-refractivity contribution in [3.8, 4) is 0 Å². The molecule has 0 atom stereocenters. The van der Waals surface area contributed by atoms with E-state index in [2.05, 4.69) is 4.84 Å². The highest BCUT2D eigenvalue weighted by molar-refractivity contribution is 5.74. The Labute approximate surface area is 67.0 Å². The fraction of sp³-hybridized carbons (Fsp3) is 0.857. The third kappa shape index (κ3) is 4.75. The van der Waals surface area contributed by atoms with Crippen molar-refractivity contribution in [2.24, 2.45) is 0 Å². The van der Waals surface area contributed by atoms with Crippen LogP contribution in [0, 0.1) is 0 Å². The van der Waals surface area contributed by atoms with Gasteiger partial charge in [0.1, 0.15) is 0 Å². The minimum absolute atomic E-state index is 0.0686. The smallest absolute Gasteiger partial charge is 0.248 e. The van der Waals surface area contributed by atoms with Gasteiger partial charge in [0, 0.05) is 13.7 Å². The Kier molecular flexibility index (Phi) is 5.78. The van der Waals surface area contributed by atoms with Gasteiger partial charge in [-0.2, -0.15) is 0 Å². The van der Waals surface area contributed by atoms with E-state index in [1.807, 2.05) is 6.92 Å². The van der Waals surface area contributed by atoms with Crippen LogP contribution in [0.2, 0.25) is 0 Å². The zero-order chi connectivity index (χ0) is 8.69. The molecule has 0 radical (unpaired) electrons. The number of hydrogen-bond donors (Lipinski definition) is 0. The summed E-state index contributed by atoms with van der Waals surface area (Å²) in [6.45, 7) is 3.00. The molecule has 0 saturated carbocycles. The maximum atomic E-state index is 11.0. The molecule has 4 heteroatoms. The van der Waals surface area contributed by atoms with Gasteiger partial charge in [-0.15, -0.1) is 0 Å². The van der Waals surface area contributed by atoms with E-state index in [0.717, 1.165) is 0 Å². The van der Waals surface area contributed by atoms with Crippen molar-refractivity contribution in [1.82, 2.24) is 5.06 Å². The molecule has 0 spiro atoms. The molecular weight excluding hydrogens is 146 g/mol. The molecule has 0 aromatic heterocycles. The number of amides is 1. The Morgan fingerprint density at radius 1 is 1.55 bits per heavy atom. The topological polar surface area (TPSA) is 38.8 Å². The van der Waals surface area contributed by atoms with Crippen molar-refractivity contribution in [3.05, 3.63) is 0 Å². The molecule has 66 valence electrons. The van der Waals surface area contributed by atoms with Crippen LogP contribution in [0.5, 0.6) is 0 Å². The summed E-state index contributed by atoms with van der Waals surface area (Å²) in [5, 5.41) is 1.19. The van der Waals surface area contributed by atoms with Crippen molar-refractivity contribution in [2.45, 2.75) is 13.3 Å². The maximum Gasteiger partial charge on any atom is 0.248 e. The maximum absolute atomic E-state index is 11.0. The largest absolute Gasteiger partial charge is 0.381 e. The average molecular weight is 161 g/mol. The summed E-state index contributed by atoms with van der Waals surface area (Å²) in [6, 6.07) is 0. The van der Waals surface area contributed by atoms with Crippen LogP contribution in [-0.2, 0) is 14.4 Å². The van der Waals surface area contributed by atoms with Gasteiger partial charge in [-0.1, -0.05) is 0 Å². The third-order valence-electron chi connectivity index (χ3n) is 1.29. The predicted octanol–water partition coefficient (Wildman–Crippen LogP) is 0.433. The van der Waals surface area contributed by atoms with Crippen LogP contribution < -0.4 is 0 Å². The molecule has 0 aromatic rings. The van der Waals surface area contributed by atoms with Gasteiger partial charge in [0.25, 0.3) is 0 Å². The van der Waals surface area contributed by atoms with E-state index in [0.29, 0.717) is 19.6 Å². The molecule has 0 aromatic carbocycles. The molecule has 0 heterocycles. The SMILES string of the molecule is CCOCCC(=O)N(C)OC.